The summed E-state index contributed by atoms with van der Waals surface area (Å²) in [5, 5.41) is 18.2. The number of likely N-dealkylation sites (N-methyl/N-ethyl adjacent to an activating group) is 1. The smallest absolute Gasteiger partial charge is 0.241 e. The Morgan fingerprint density at radius 2 is 1.77 bits per heavy atom. The van der Waals surface area contributed by atoms with Crippen LogP contribution < -0.4 is 5.32 Å². The number of anilines is 1. The fraction of sp³-hybridized carbons (Fsp3) is 0.593. The average Bonchev–Trinajstić information content (AvgIpc) is 3.25. The summed E-state index contributed by atoms with van der Waals surface area (Å²) in [5.41, 5.74) is 4.32. The number of fused-ring (bicyclic) bond motifs is 1. The van der Waals surface area contributed by atoms with E-state index in [1.165, 1.54) is 5.56 Å². The van der Waals surface area contributed by atoms with Crippen LogP contribution in [0.5, 0.6) is 0 Å². The third-order valence-corrected chi connectivity index (χ3v) is 7.52. The fourth-order valence-electron chi connectivity index (χ4n) is 5.21. The number of unbranched alkanes of at least 4 members (excludes halogenated alkanes) is 1. The van der Waals surface area contributed by atoms with Crippen LogP contribution in [0.25, 0.3) is 16.8 Å². The molecule has 3 heterocycles. The van der Waals surface area contributed by atoms with Crippen LogP contribution in [0.1, 0.15) is 62.8 Å². The van der Waals surface area contributed by atoms with Gasteiger partial charge in [-0.1, -0.05) is 37.6 Å². The molecule has 8 nitrogen and oxygen atoms in total. The van der Waals surface area contributed by atoms with E-state index in [0.29, 0.717) is 11.9 Å². The van der Waals surface area contributed by atoms with Crippen molar-refractivity contribution in [2.75, 3.05) is 45.1 Å². The molecule has 5 rings (SSSR count). The van der Waals surface area contributed by atoms with E-state index in [1.54, 1.807) is 0 Å². The zero-order valence-corrected chi connectivity index (χ0v) is 21.2. The third kappa shape index (κ3) is 5.66. The number of benzene rings is 1. The Labute approximate surface area is 208 Å². The van der Waals surface area contributed by atoms with E-state index in [9.17, 15) is 5.11 Å². The Bertz CT molecular complexity index is 1100. The molecule has 0 spiro atoms. The Morgan fingerprint density at radius 3 is 2.49 bits per heavy atom. The maximum atomic E-state index is 10.0. The monoisotopic (exact) mass is 477 g/mol. The summed E-state index contributed by atoms with van der Waals surface area (Å²) in [6, 6.07) is 8.85. The summed E-state index contributed by atoms with van der Waals surface area (Å²) in [6.07, 6.45) is 7.45. The molecule has 3 aromatic rings. The van der Waals surface area contributed by atoms with E-state index in [2.05, 4.69) is 58.3 Å². The number of nitrogens with one attached hydrogen (secondary N) is 1. The summed E-state index contributed by atoms with van der Waals surface area (Å²) in [6.45, 7) is 8.54. The second kappa shape index (κ2) is 11.0. The minimum Gasteiger partial charge on any atom is -0.393 e. The number of piperazine rings is 1. The highest BCUT2D eigenvalue weighted by molar-refractivity contribution is 5.77. The lowest BCUT2D eigenvalue weighted by Crippen LogP contribution is -2.43. The molecule has 0 bridgehead atoms. The zero-order valence-electron chi connectivity index (χ0n) is 21.2. The lowest BCUT2D eigenvalue weighted by molar-refractivity contribution is 0.121. The molecule has 2 aliphatic rings. The number of aliphatic hydroxyl groups excluding tert-OH is 1. The van der Waals surface area contributed by atoms with Crippen LogP contribution in [-0.4, -0.2) is 80.4 Å². The molecule has 0 unspecified atom stereocenters. The van der Waals surface area contributed by atoms with Gasteiger partial charge < -0.3 is 15.3 Å². The molecule has 2 aromatic heterocycles. The fourth-order valence-corrected chi connectivity index (χ4v) is 5.21. The molecule has 2 fully saturated rings. The minimum atomic E-state index is -0.189. The highest BCUT2D eigenvalue weighted by Gasteiger charge is 2.27. The molecule has 0 amide bonds. The topological polar surface area (TPSA) is 81.8 Å². The lowest BCUT2D eigenvalue weighted by atomic mass is 9.87. The molecule has 8 heteroatoms. The molecule has 0 radical (unpaired) electrons. The summed E-state index contributed by atoms with van der Waals surface area (Å²) in [5.74, 6) is 1.94. The van der Waals surface area contributed by atoms with Crippen molar-refractivity contribution in [3.8, 4) is 11.3 Å². The standard InChI is InChI=1S/C27H39N7O/c1-3-4-13-28-27-29-18-24-25(30-26(34(24)31-27)22-9-11-23(35)12-10-22)21-7-5-20(6-8-21)19-33-16-14-32(2)15-17-33/h5-8,18,22-23,35H,3-4,9-17,19H2,1-2H3,(H,28,31)/t22-,23+. The van der Waals surface area contributed by atoms with Gasteiger partial charge in [0.25, 0.3) is 0 Å². The largest absolute Gasteiger partial charge is 0.393 e. The Kier molecular flexibility index (Phi) is 7.60. The number of hydrogen-bond donors (Lipinski definition) is 2. The Morgan fingerprint density at radius 1 is 1.03 bits per heavy atom. The van der Waals surface area contributed by atoms with E-state index < -0.39 is 0 Å². The highest BCUT2D eigenvalue weighted by Crippen LogP contribution is 2.35. The normalized spacial score (nSPS) is 22.0. The summed E-state index contributed by atoms with van der Waals surface area (Å²) in [4.78, 5) is 14.7. The predicted molar refractivity (Wildman–Crippen MR) is 140 cm³/mol. The molecule has 2 N–H and O–H groups in total. The van der Waals surface area contributed by atoms with Gasteiger partial charge in [-0.05, 0) is 44.7 Å². The first-order valence-electron chi connectivity index (χ1n) is 13.3. The van der Waals surface area contributed by atoms with Crippen LogP contribution >= 0.6 is 0 Å². The number of aliphatic hydroxyl groups is 1. The molecule has 1 aromatic carbocycles. The second-order valence-corrected chi connectivity index (χ2v) is 10.3. The van der Waals surface area contributed by atoms with E-state index in [4.69, 9.17) is 10.1 Å². The summed E-state index contributed by atoms with van der Waals surface area (Å²) < 4.78 is 2.00. The van der Waals surface area contributed by atoms with Gasteiger partial charge >= 0.3 is 0 Å². The van der Waals surface area contributed by atoms with Gasteiger partial charge in [-0.3, -0.25) is 4.90 Å². The first-order valence-corrected chi connectivity index (χ1v) is 13.3. The van der Waals surface area contributed by atoms with Crippen molar-refractivity contribution in [1.82, 2.24) is 29.4 Å². The minimum absolute atomic E-state index is 0.189. The SMILES string of the molecule is CCCCNc1ncc2c(-c3ccc(CN4CCN(C)CC4)cc3)nc([C@H]3CC[C@@H](O)CC3)n2n1. The third-order valence-electron chi connectivity index (χ3n) is 7.52. The predicted octanol–water partition coefficient (Wildman–Crippen LogP) is 3.77. The van der Waals surface area contributed by atoms with Crippen LogP contribution in [-0.2, 0) is 6.54 Å². The highest BCUT2D eigenvalue weighted by atomic mass is 16.3. The molecule has 1 saturated heterocycles. The molecule has 1 aliphatic heterocycles. The van der Waals surface area contributed by atoms with E-state index >= 15 is 0 Å². The maximum absolute atomic E-state index is 10.0. The average molecular weight is 478 g/mol. The van der Waals surface area contributed by atoms with E-state index in [1.807, 2.05) is 10.7 Å². The van der Waals surface area contributed by atoms with Crippen molar-refractivity contribution >= 4 is 11.5 Å². The van der Waals surface area contributed by atoms with Gasteiger partial charge in [-0.15, -0.1) is 5.10 Å². The van der Waals surface area contributed by atoms with E-state index in [-0.39, 0.29) is 6.10 Å². The van der Waals surface area contributed by atoms with Crippen LogP contribution in [0, 0.1) is 0 Å². The van der Waals surface area contributed by atoms with Crippen molar-refractivity contribution in [2.24, 2.45) is 0 Å². The number of aromatic nitrogens is 4. The number of hydrogen-bond acceptors (Lipinski definition) is 7. The number of rotatable bonds is 8. The Balaban J connectivity index is 1.41. The van der Waals surface area contributed by atoms with Crippen molar-refractivity contribution in [3.05, 3.63) is 41.9 Å². The molecule has 35 heavy (non-hydrogen) atoms. The molecule has 1 saturated carbocycles. The molecule has 0 atom stereocenters. The van der Waals surface area contributed by atoms with Crippen LogP contribution in [0.4, 0.5) is 5.95 Å². The maximum Gasteiger partial charge on any atom is 0.241 e. The Hall–Kier alpha value is -2.55. The number of imidazole rings is 1. The molecule has 1 aliphatic carbocycles. The molecular weight excluding hydrogens is 438 g/mol. The van der Waals surface area contributed by atoms with Gasteiger partial charge in [-0.2, -0.15) is 0 Å². The van der Waals surface area contributed by atoms with Gasteiger partial charge in [0, 0.05) is 50.7 Å². The lowest BCUT2D eigenvalue weighted by Gasteiger charge is -2.32. The van der Waals surface area contributed by atoms with E-state index in [0.717, 1.165) is 100 Å². The van der Waals surface area contributed by atoms with Crippen molar-refractivity contribution < 1.29 is 5.11 Å². The van der Waals surface area contributed by atoms with Crippen LogP contribution in [0.15, 0.2) is 30.5 Å². The quantitative estimate of drug-likeness (QED) is 0.478. The van der Waals surface area contributed by atoms with Crippen LogP contribution in [0.3, 0.4) is 0 Å². The van der Waals surface area contributed by atoms with Gasteiger partial charge in [0.1, 0.15) is 11.3 Å². The molecular formula is C27H39N7O. The summed E-state index contributed by atoms with van der Waals surface area (Å²) in [7, 11) is 2.19. The summed E-state index contributed by atoms with van der Waals surface area (Å²) >= 11 is 0. The number of nitrogens with zero attached hydrogens (tertiary/aromatic N) is 6. The van der Waals surface area contributed by atoms with Gasteiger partial charge in [0.15, 0.2) is 0 Å². The van der Waals surface area contributed by atoms with Crippen molar-refractivity contribution in [1.29, 1.82) is 0 Å². The second-order valence-electron chi connectivity index (χ2n) is 10.3. The van der Waals surface area contributed by atoms with Crippen LogP contribution in [0.2, 0.25) is 0 Å². The van der Waals surface area contributed by atoms with Crippen molar-refractivity contribution in [2.45, 2.75) is 64.0 Å². The first-order chi connectivity index (χ1) is 17.1. The van der Waals surface area contributed by atoms with Gasteiger partial charge in [0.05, 0.1) is 18.0 Å². The first kappa shape index (κ1) is 24.2. The zero-order chi connectivity index (χ0) is 24.2. The van der Waals surface area contributed by atoms with Crippen molar-refractivity contribution in [3.63, 3.8) is 0 Å². The van der Waals surface area contributed by atoms with Gasteiger partial charge in [0.2, 0.25) is 5.95 Å². The molecule has 188 valence electrons. The van der Waals surface area contributed by atoms with Gasteiger partial charge in [-0.25, -0.2) is 14.5 Å².